The number of hydrogen-bond acceptors (Lipinski definition) is 4. The minimum Gasteiger partial charge on any atom is -0.489 e. The summed E-state index contributed by atoms with van der Waals surface area (Å²) in [6, 6.07) is 1.21. The zero-order chi connectivity index (χ0) is 12.6. The van der Waals surface area contributed by atoms with Gasteiger partial charge in [-0.2, -0.15) is 0 Å². The molecule has 0 atom stereocenters. The number of carboxylic acids is 1. The van der Waals surface area contributed by atoms with Crippen LogP contribution in [0.2, 0.25) is 5.02 Å². The van der Waals surface area contributed by atoms with Gasteiger partial charge in [-0.15, -0.1) is 0 Å². The maximum Gasteiger partial charge on any atom is 0.417 e. The molecule has 0 fully saturated rings. The molecule has 0 aliphatic heterocycles. The van der Waals surface area contributed by atoms with E-state index in [1.807, 2.05) is 0 Å². The highest BCUT2D eigenvalue weighted by molar-refractivity contribution is 6.35. The van der Waals surface area contributed by atoms with Crippen LogP contribution in [0, 0.1) is 0 Å². The summed E-state index contributed by atoms with van der Waals surface area (Å²) in [7, 11) is 0. The summed E-state index contributed by atoms with van der Waals surface area (Å²) in [6.07, 6.45) is 0. The molecule has 2 rings (SSSR count). The standard InChI is InChI=1S/C10H8ClNO5/c1-2-16-7-4(9(13)14)3-5(11)6-8(7)17-10(15)12-6/h3H,2H2,1H3,(H,12,15)(H,13,14). The molecule has 17 heavy (non-hydrogen) atoms. The van der Waals surface area contributed by atoms with Crippen molar-refractivity contribution in [3.8, 4) is 5.75 Å². The molecule has 0 bridgehead atoms. The molecule has 7 heteroatoms. The first-order chi connectivity index (χ1) is 8.04. The number of carbonyl (C=O) groups is 1. The lowest BCUT2D eigenvalue weighted by Gasteiger charge is -2.07. The monoisotopic (exact) mass is 257 g/mol. The van der Waals surface area contributed by atoms with Crippen molar-refractivity contribution in [2.75, 3.05) is 6.61 Å². The molecule has 0 amide bonds. The third-order valence-electron chi connectivity index (χ3n) is 2.13. The van der Waals surface area contributed by atoms with Gasteiger partial charge in [0.15, 0.2) is 5.75 Å². The summed E-state index contributed by atoms with van der Waals surface area (Å²) in [6.45, 7) is 1.93. The van der Waals surface area contributed by atoms with Crippen LogP contribution in [0.5, 0.6) is 5.75 Å². The third kappa shape index (κ3) is 1.87. The van der Waals surface area contributed by atoms with E-state index in [2.05, 4.69) is 4.98 Å². The summed E-state index contributed by atoms with van der Waals surface area (Å²) in [5.74, 6) is -1.93. The van der Waals surface area contributed by atoms with E-state index in [0.717, 1.165) is 0 Å². The first kappa shape index (κ1) is 11.5. The van der Waals surface area contributed by atoms with E-state index in [-0.39, 0.29) is 34.0 Å². The average Bonchev–Trinajstić information content (AvgIpc) is 2.64. The Bertz CT molecular complexity index is 642. The summed E-state index contributed by atoms with van der Waals surface area (Å²) in [4.78, 5) is 24.5. The Morgan fingerprint density at radius 3 is 2.94 bits per heavy atom. The molecule has 0 aliphatic rings. The first-order valence-corrected chi connectivity index (χ1v) is 5.13. The second kappa shape index (κ2) is 4.14. The van der Waals surface area contributed by atoms with Crippen molar-refractivity contribution in [1.82, 2.24) is 4.98 Å². The number of oxazole rings is 1. The molecule has 0 spiro atoms. The van der Waals surface area contributed by atoms with Crippen molar-refractivity contribution in [3.05, 3.63) is 27.2 Å². The fourth-order valence-corrected chi connectivity index (χ4v) is 1.73. The number of aromatic nitrogens is 1. The molecule has 90 valence electrons. The Labute approximate surface area is 99.8 Å². The van der Waals surface area contributed by atoms with Crippen LogP contribution in [0.25, 0.3) is 11.1 Å². The van der Waals surface area contributed by atoms with E-state index >= 15 is 0 Å². The molecule has 2 aromatic rings. The highest BCUT2D eigenvalue weighted by Crippen LogP contribution is 2.33. The number of fused-ring (bicyclic) bond motifs is 1. The van der Waals surface area contributed by atoms with E-state index in [9.17, 15) is 9.59 Å². The highest BCUT2D eigenvalue weighted by Gasteiger charge is 2.21. The molecule has 0 aliphatic carbocycles. The largest absolute Gasteiger partial charge is 0.489 e. The molecular formula is C10H8ClNO5. The van der Waals surface area contributed by atoms with Crippen LogP contribution in [0.3, 0.4) is 0 Å². The van der Waals surface area contributed by atoms with Gasteiger partial charge in [-0.05, 0) is 13.0 Å². The van der Waals surface area contributed by atoms with E-state index in [0.29, 0.717) is 0 Å². The second-order valence-electron chi connectivity index (χ2n) is 3.19. The van der Waals surface area contributed by atoms with Gasteiger partial charge in [0.1, 0.15) is 11.1 Å². The maximum absolute atomic E-state index is 11.1. The number of benzene rings is 1. The maximum atomic E-state index is 11.1. The molecule has 0 radical (unpaired) electrons. The van der Waals surface area contributed by atoms with Gasteiger partial charge in [0.2, 0.25) is 5.58 Å². The zero-order valence-corrected chi connectivity index (χ0v) is 9.50. The van der Waals surface area contributed by atoms with Gasteiger partial charge in [-0.3, -0.25) is 4.98 Å². The van der Waals surface area contributed by atoms with Crippen molar-refractivity contribution >= 4 is 28.7 Å². The highest BCUT2D eigenvalue weighted by atomic mass is 35.5. The number of hydrogen-bond donors (Lipinski definition) is 2. The number of nitrogens with one attached hydrogen (secondary N) is 1. The topological polar surface area (TPSA) is 92.5 Å². The molecule has 1 aromatic heterocycles. The second-order valence-corrected chi connectivity index (χ2v) is 3.60. The Morgan fingerprint density at radius 1 is 1.65 bits per heavy atom. The molecular weight excluding hydrogens is 250 g/mol. The third-order valence-corrected chi connectivity index (χ3v) is 2.43. The minimum absolute atomic E-state index is 0.00208. The summed E-state index contributed by atoms with van der Waals surface area (Å²) < 4.78 is 10.0. The van der Waals surface area contributed by atoms with Crippen LogP contribution in [0.1, 0.15) is 17.3 Å². The van der Waals surface area contributed by atoms with Crippen molar-refractivity contribution in [2.45, 2.75) is 6.92 Å². The van der Waals surface area contributed by atoms with E-state index in [4.69, 9.17) is 25.9 Å². The number of H-pyrrole nitrogens is 1. The van der Waals surface area contributed by atoms with Crippen LogP contribution < -0.4 is 10.5 Å². The van der Waals surface area contributed by atoms with Crippen LogP contribution in [0.15, 0.2) is 15.3 Å². The Morgan fingerprint density at radius 2 is 2.35 bits per heavy atom. The minimum atomic E-state index is -1.21. The van der Waals surface area contributed by atoms with Gasteiger partial charge in [0.25, 0.3) is 0 Å². The normalized spacial score (nSPS) is 10.7. The molecule has 0 saturated heterocycles. The Kier molecular flexibility index (Phi) is 2.81. The fourth-order valence-electron chi connectivity index (χ4n) is 1.49. The number of ether oxygens (including phenoxy) is 1. The van der Waals surface area contributed by atoms with Crippen LogP contribution >= 0.6 is 11.6 Å². The predicted molar refractivity (Wildman–Crippen MR) is 60.0 cm³/mol. The van der Waals surface area contributed by atoms with Gasteiger partial charge in [0, 0.05) is 0 Å². The van der Waals surface area contributed by atoms with Crippen LogP contribution in [-0.4, -0.2) is 22.7 Å². The van der Waals surface area contributed by atoms with Crippen molar-refractivity contribution in [1.29, 1.82) is 0 Å². The van der Waals surface area contributed by atoms with E-state index in [1.54, 1.807) is 6.92 Å². The van der Waals surface area contributed by atoms with Crippen molar-refractivity contribution in [3.63, 3.8) is 0 Å². The molecule has 6 nitrogen and oxygen atoms in total. The quantitative estimate of drug-likeness (QED) is 0.876. The number of rotatable bonds is 3. The van der Waals surface area contributed by atoms with Gasteiger partial charge in [-0.1, -0.05) is 11.6 Å². The molecule has 0 unspecified atom stereocenters. The van der Waals surface area contributed by atoms with Crippen LogP contribution in [0.4, 0.5) is 0 Å². The first-order valence-electron chi connectivity index (χ1n) is 4.76. The lowest BCUT2D eigenvalue weighted by Crippen LogP contribution is -2.03. The van der Waals surface area contributed by atoms with Gasteiger partial charge in [-0.25, -0.2) is 9.59 Å². The fraction of sp³-hybridized carbons (Fsp3) is 0.200. The average molecular weight is 258 g/mol. The van der Waals surface area contributed by atoms with Gasteiger partial charge in [0.05, 0.1) is 11.6 Å². The lowest BCUT2D eigenvalue weighted by atomic mass is 10.2. The number of aromatic amines is 1. The van der Waals surface area contributed by atoms with Crippen molar-refractivity contribution in [2.24, 2.45) is 0 Å². The Hall–Kier alpha value is -1.95. The molecule has 2 N–H and O–H groups in total. The van der Waals surface area contributed by atoms with Crippen molar-refractivity contribution < 1.29 is 19.1 Å². The molecule has 1 heterocycles. The molecule has 0 saturated carbocycles. The van der Waals surface area contributed by atoms with Crippen LogP contribution in [-0.2, 0) is 0 Å². The predicted octanol–water partition coefficient (Wildman–Crippen LogP) is 1.87. The Balaban J connectivity index is 2.86. The van der Waals surface area contributed by atoms with E-state index in [1.165, 1.54) is 6.07 Å². The van der Waals surface area contributed by atoms with Gasteiger partial charge >= 0.3 is 11.7 Å². The van der Waals surface area contributed by atoms with E-state index < -0.39 is 11.7 Å². The van der Waals surface area contributed by atoms with Gasteiger partial charge < -0.3 is 14.3 Å². The summed E-state index contributed by atoms with van der Waals surface area (Å²) >= 11 is 5.84. The summed E-state index contributed by atoms with van der Waals surface area (Å²) in [5, 5.41) is 9.10. The lowest BCUT2D eigenvalue weighted by molar-refractivity contribution is 0.0692. The SMILES string of the molecule is CCOc1c(C(=O)O)cc(Cl)c2[nH]c(=O)oc12. The smallest absolute Gasteiger partial charge is 0.417 e. The number of aromatic carboxylic acids is 1. The number of carboxylic acid groups (broad SMARTS) is 1. The molecule has 1 aromatic carbocycles. The zero-order valence-electron chi connectivity index (χ0n) is 8.74. The number of halogens is 1. The summed E-state index contributed by atoms with van der Waals surface area (Å²) in [5.41, 5.74) is 0.0963.